The van der Waals surface area contributed by atoms with Gasteiger partial charge in [-0.15, -0.1) is 0 Å². The van der Waals surface area contributed by atoms with Crippen molar-refractivity contribution in [1.29, 1.82) is 0 Å². The number of methoxy groups -OCH3 is 1. The van der Waals surface area contributed by atoms with Crippen molar-refractivity contribution in [1.82, 2.24) is 0 Å². The number of hydrogen-bond acceptors (Lipinski definition) is 3. The zero-order valence-corrected chi connectivity index (χ0v) is 11.2. The molecule has 1 fully saturated rings. The number of ether oxygens (including phenoxy) is 2. The first-order valence-corrected chi connectivity index (χ1v) is 6.78. The molecule has 0 atom stereocenters. The van der Waals surface area contributed by atoms with E-state index in [0.29, 0.717) is 6.61 Å². The molecule has 1 aliphatic rings. The van der Waals surface area contributed by atoms with Crippen LogP contribution in [0, 0.1) is 0 Å². The summed E-state index contributed by atoms with van der Waals surface area (Å²) in [6.07, 6.45) is 7.08. The summed E-state index contributed by atoms with van der Waals surface area (Å²) < 4.78 is 10.8. The Morgan fingerprint density at radius 1 is 1.06 bits per heavy atom. The Morgan fingerprint density at radius 3 is 2.28 bits per heavy atom. The maximum Gasteiger partial charge on any atom is 0.119 e. The van der Waals surface area contributed by atoms with Gasteiger partial charge in [0.1, 0.15) is 11.5 Å². The van der Waals surface area contributed by atoms with E-state index < -0.39 is 0 Å². The van der Waals surface area contributed by atoms with E-state index in [2.05, 4.69) is 0 Å². The Kier molecular flexibility index (Phi) is 4.48. The maximum atomic E-state index is 6.37. The molecule has 0 aromatic heterocycles. The predicted molar refractivity (Wildman–Crippen MR) is 73.1 cm³/mol. The van der Waals surface area contributed by atoms with Crippen LogP contribution in [0.25, 0.3) is 0 Å². The van der Waals surface area contributed by atoms with Crippen LogP contribution in [0.1, 0.15) is 38.5 Å². The maximum absolute atomic E-state index is 6.37. The number of hydrogen-bond donors (Lipinski definition) is 1. The molecule has 1 aromatic carbocycles. The highest BCUT2D eigenvalue weighted by Crippen LogP contribution is 2.28. The minimum atomic E-state index is 0.00468. The Labute approximate surface area is 109 Å². The third-order valence-electron chi connectivity index (χ3n) is 3.78. The van der Waals surface area contributed by atoms with E-state index in [1.54, 1.807) is 7.11 Å². The van der Waals surface area contributed by atoms with Crippen molar-refractivity contribution in [3.63, 3.8) is 0 Å². The molecule has 0 radical (unpaired) electrons. The zero-order chi connectivity index (χ0) is 12.8. The summed E-state index contributed by atoms with van der Waals surface area (Å²) in [7, 11) is 1.66. The quantitative estimate of drug-likeness (QED) is 0.872. The zero-order valence-electron chi connectivity index (χ0n) is 11.2. The van der Waals surface area contributed by atoms with Crippen LogP contribution in [0.5, 0.6) is 11.5 Å². The summed E-state index contributed by atoms with van der Waals surface area (Å²) in [4.78, 5) is 0. The van der Waals surface area contributed by atoms with Gasteiger partial charge in [-0.05, 0) is 43.5 Å². The van der Waals surface area contributed by atoms with Gasteiger partial charge in [0.25, 0.3) is 0 Å². The van der Waals surface area contributed by atoms with Crippen LogP contribution < -0.4 is 15.2 Å². The molecular formula is C15H23NO2. The van der Waals surface area contributed by atoms with Gasteiger partial charge in [0.2, 0.25) is 0 Å². The molecular weight excluding hydrogens is 226 g/mol. The van der Waals surface area contributed by atoms with Crippen molar-refractivity contribution < 1.29 is 9.47 Å². The fourth-order valence-corrected chi connectivity index (χ4v) is 2.55. The lowest BCUT2D eigenvalue weighted by molar-refractivity contribution is 0.214. The highest BCUT2D eigenvalue weighted by Gasteiger charge is 2.26. The second kappa shape index (κ2) is 6.10. The van der Waals surface area contributed by atoms with Crippen LogP contribution in [0.3, 0.4) is 0 Å². The average Bonchev–Trinajstić information content (AvgIpc) is 2.40. The van der Waals surface area contributed by atoms with E-state index in [1.165, 1.54) is 19.3 Å². The fourth-order valence-electron chi connectivity index (χ4n) is 2.55. The smallest absolute Gasteiger partial charge is 0.119 e. The van der Waals surface area contributed by atoms with E-state index in [1.807, 2.05) is 24.3 Å². The minimum absolute atomic E-state index is 0.00468. The van der Waals surface area contributed by atoms with Gasteiger partial charge in [0.15, 0.2) is 0 Å². The molecule has 1 saturated carbocycles. The summed E-state index contributed by atoms with van der Waals surface area (Å²) in [5, 5.41) is 0. The highest BCUT2D eigenvalue weighted by atomic mass is 16.5. The molecule has 1 aliphatic carbocycles. The first-order valence-electron chi connectivity index (χ1n) is 6.78. The second-order valence-electron chi connectivity index (χ2n) is 5.20. The molecule has 1 aromatic rings. The summed E-state index contributed by atoms with van der Waals surface area (Å²) in [5.41, 5.74) is 6.37. The summed E-state index contributed by atoms with van der Waals surface area (Å²) in [6, 6.07) is 7.69. The molecule has 18 heavy (non-hydrogen) atoms. The molecule has 0 spiro atoms. The standard InChI is InChI=1S/C15H23NO2/c1-17-13-5-7-14(8-6-13)18-12-11-15(16)9-3-2-4-10-15/h5-8H,2-4,9-12,16H2,1H3. The van der Waals surface area contributed by atoms with Gasteiger partial charge in [-0.25, -0.2) is 0 Å². The lowest BCUT2D eigenvalue weighted by Crippen LogP contribution is -2.42. The molecule has 100 valence electrons. The molecule has 0 bridgehead atoms. The molecule has 2 rings (SSSR count). The number of benzene rings is 1. The average molecular weight is 249 g/mol. The highest BCUT2D eigenvalue weighted by molar-refractivity contribution is 5.31. The van der Waals surface area contributed by atoms with Gasteiger partial charge in [0, 0.05) is 5.54 Å². The minimum Gasteiger partial charge on any atom is -0.497 e. The Hall–Kier alpha value is -1.22. The topological polar surface area (TPSA) is 44.5 Å². The van der Waals surface area contributed by atoms with Gasteiger partial charge in [-0.1, -0.05) is 19.3 Å². The van der Waals surface area contributed by atoms with Crippen LogP contribution in [0.4, 0.5) is 0 Å². The van der Waals surface area contributed by atoms with Gasteiger partial charge >= 0.3 is 0 Å². The SMILES string of the molecule is COc1ccc(OCCC2(N)CCCCC2)cc1. The normalized spacial score (nSPS) is 18.3. The van der Waals surface area contributed by atoms with Crippen molar-refractivity contribution in [3.8, 4) is 11.5 Å². The molecule has 2 N–H and O–H groups in total. The lowest BCUT2D eigenvalue weighted by atomic mass is 9.80. The van der Waals surface area contributed by atoms with E-state index >= 15 is 0 Å². The third-order valence-corrected chi connectivity index (χ3v) is 3.78. The fraction of sp³-hybridized carbons (Fsp3) is 0.600. The Morgan fingerprint density at radius 2 is 1.67 bits per heavy atom. The second-order valence-corrected chi connectivity index (χ2v) is 5.20. The summed E-state index contributed by atoms with van der Waals surface area (Å²) in [6.45, 7) is 0.697. The molecule has 3 nitrogen and oxygen atoms in total. The largest absolute Gasteiger partial charge is 0.497 e. The molecule has 0 amide bonds. The molecule has 3 heteroatoms. The molecule has 0 saturated heterocycles. The van der Waals surface area contributed by atoms with Crippen molar-refractivity contribution in [2.24, 2.45) is 5.73 Å². The molecule has 0 unspecified atom stereocenters. The van der Waals surface area contributed by atoms with Crippen molar-refractivity contribution in [3.05, 3.63) is 24.3 Å². The van der Waals surface area contributed by atoms with Crippen molar-refractivity contribution in [2.75, 3.05) is 13.7 Å². The third kappa shape index (κ3) is 3.64. The van der Waals surface area contributed by atoms with Crippen molar-refractivity contribution in [2.45, 2.75) is 44.1 Å². The van der Waals surface area contributed by atoms with Crippen LogP contribution >= 0.6 is 0 Å². The van der Waals surface area contributed by atoms with E-state index in [-0.39, 0.29) is 5.54 Å². The predicted octanol–water partition coefficient (Wildman–Crippen LogP) is 3.13. The van der Waals surface area contributed by atoms with Gasteiger partial charge in [-0.2, -0.15) is 0 Å². The Bertz CT molecular complexity index is 355. The lowest BCUT2D eigenvalue weighted by Gasteiger charge is -2.33. The molecule has 0 heterocycles. The van der Waals surface area contributed by atoms with Gasteiger partial charge < -0.3 is 15.2 Å². The first kappa shape index (κ1) is 13.2. The van der Waals surface area contributed by atoms with E-state index in [4.69, 9.17) is 15.2 Å². The van der Waals surface area contributed by atoms with Crippen LogP contribution in [-0.4, -0.2) is 19.3 Å². The van der Waals surface area contributed by atoms with Gasteiger partial charge in [-0.3, -0.25) is 0 Å². The van der Waals surface area contributed by atoms with Crippen LogP contribution in [-0.2, 0) is 0 Å². The first-order chi connectivity index (χ1) is 8.72. The van der Waals surface area contributed by atoms with E-state index in [0.717, 1.165) is 30.8 Å². The molecule has 0 aliphatic heterocycles. The van der Waals surface area contributed by atoms with Gasteiger partial charge in [0.05, 0.1) is 13.7 Å². The monoisotopic (exact) mass is 249 g/mol. The van der Waals surface area contributed by atoms with Crippen LogP contribution in [0.15, 0.2) is 24.3 Å². The Balaban J connectivity index is 1.77. The van der Waals surface area contributed by atoms with Crippen LogP contribution in [0.2, 0.25) is 0 Å². The number of nitrogens with two attached hydrogens (primary N) is 1. The van der Waals surface area contributed by atoms with E-state index in [9.17, 15) is 0 Å². The summed E-state index contributed by atoms with van der Waals surface area (Å²) >= 11 is 0. The van der Waals surface area contributed by atoms with Crippen molar-refractivity contribution >= 4 is 0 Å². The number of rotatable bonds is 5. The summed E-state index contributed by atoms with van der Waals surface area (Å²) in [5.74, 6) is 1.74.